The van der Waals surface area contributed by atoms with E-state index in [1.165, 1.54) is 24.7 Å². The van der Waals surface area contributed by atoms with Crippen molar-refractivity contribution in [2.24, 2.45) is 4.99 Å². The van der Waals surface area contributed by atoms with Crippen molar-refractivity contribution in [1.82, 2.24) is 9.38 Å². The highest BCUT2D eigenvalue weighted by Crippen LogP contribution is 2.22. The highest BCUT2D eigenvalue weighted by atomic mass is 16.5. The topological polar surface area (TPSA) is 82.3 Å². The zero-order valence-corrected chi connectivity index (χ0v) is 17.6. The van der Waals surface area contributed by atoms with E-state index < -0.39 is 12.0 Å². The smallest absolute Gasteiger partial charge is 0.336 e. The summed E-state index contributed by atoms with van der Waals surface area (Å²) in [5.41, 5.74) is 2.48. The van der Waals surface area contributed by atoms with Crippen LogP contribution in [0.25, 0.3) is 5.65 Å². The Morgan fingerprint density at radius 1 is 0.938 bits per heavy atom. The Hall–Kier alpha value is -4.26. The number of aliphatic imine (C=N–C) groups is 1. The normalized spacial score (nSPS) is 11.6. The first-order valence-corrected chi connectivity index (χ1v) is 9.94. The van der Waals surface area contributed by atoms with Crippen LogP contribution in [0.4, 0.5) is 0 Å². The number of benzene rings is 2. The molecule has 2 heterocycles. The quantitative estimate of drug-likeness (QED) is 0.348. The maximum Gasteiger partial charge on any atom is 0.336 e. The molecular formula is C25H21N3O4. The van der Waals surface area contributed by atoms with Crippen molar-refractivity contribution in [3.8, 4) is 5.75 Å². The highest BCUT2D eigenvalue weighted by Gasteiger charge is 2.25. The minimum atomic E-state index is -1.12. The van der Waals surface area contributed by atoms with E-state index in [2.05, 4.69) is 4.98 Å². The molecule has 2 aromatic heterocycles. The Morgan fingerprint density at radius 2 is 1.56 bits per heavy atom. The SMILES string of the molecule is COC(=O)C(N=C(c1ccccc1)c1ccccc1)c1cc(=O)n2cc(OC)ccc2n1. The molecule has 2 aromatic carbocycles. The number of nitrogens with zero attached hydrogens (tertiary/aromatic N) is 3. The van der Waals surface area contributed by atoms with E-state index in [1.54, 1.807) is 18.3 Å². The summed E-state index contributed by atoms with van der Waals surface area (Å²) in [7, 11) is 2.80. The summed E-state index contributed by atoms with van der Waals surface area (Å²) in [6.45, 7) is 0. The molecule has 0 radical (unpaired) electrons. The van der Waals surface area contributed by atoms with Gasteiger partial charge in [0.2, 0.25) is 0 Å². The van der Waals surface area contributed by atoms with Gasteiger partial charge in [-0.1, -0.05) is 60.7 Å². The summed E-state index contributed by atoms with van der Waals surface area (Å²) in [6.07, 6.45) is 1.55. The van der Waals surface area contributed by atoms with Gasteiger partial charge in [-0.25, -0.2) is 9.78 Å². The first-order valence-electron chi connectivity index (χ1n) is 9.94. The summed E-state index contributed by atoms with van der Waals surface area (Å²) >= 11 is 0. The molecule has 0 fully saturated rings. The van der Waals surface area contributed by atoms with Crippen molar-refractivity contribution in [2.45, 2.75) is 6.04 Å². The first-order chi connectivity index (χ1) is 15.6. The number of aromatic nitrogens is 2. The Bertz CT molecular complexity index is 1290. The van der Waals surface area contributed by atoms with Crippen molar-refractivity contribution < 1.29 is 14.3 Å². The number of hydrogen-bond donors (Lipinski definition) is 0. The lowest BCUT2D eigenvalue weighted by Crippen LogP contribution is -2.22. The number of hydrogen-bond acceptors (Lipinski definition) is 6. The number of pyridine rings is 1. The second-order valence-electron chi connectivity index (χ2n) is 6.95. The zero-order chi connectivity index (χ0) is 22.5. The van der Waals surface area contributed by atoms with Crippen LogP contribution in [0.3, 0.4) is 0 Å². The number of rotatable bonds is 6. The average molecular weight is 427 g/mol. The van der Waals surface area contributed by atoms with Gasteiger partial charge in [0.1, 0.15) is 11.4 Å². The molecule has 0 saturated heterocycles. The molecule has 0 aliphatic rings. The lowest BCUT2D eigenvalue weighted by molar-refractivity contribution is -0.142. The van der Waals surface area contributed by atoms with Crippen molar-refractivity contribution >= 4 is 17.3 Å². The van der Waals surface area contributed by atoms with Crippen LogP contribution < -0.4 is 10.3 Å². The van der Waals surface area contributed by atoms with Gasteiger partial charge >= 0.3 is 5.97 Å². The fraction of sp³-hybridized carbons (Fsp3) is 0.120. The number of esters is 1. The molecule has 4 aromatic rings. The van der Waals surface area contributed by atoms with E-state index in [9.17, 15) is 9.59 Å². The van der Waals surface area contributed by atoms with E-state index in [0.29, 0.717) is 17.1 Å². The number of methoxy groups -OCH3 is 2. The standard InChI is InChI=1S/C25H21N3O4/c1-31-19-13-14-21-26-20(15-22(29)28(21)16-19)24(25(30)32-2)27-23(17-9-5-3-6-10-17)18-11-7-4-8-12-18/h3-16,24H,1-2H3. The summed E-state index contributed by atoms with van der Waals surface area (Å²) in [5, 5.41) is 0. The second-order valence-corrected chi connectivity index (χ2v) is 6.95. The van der Waals surface area contributed by atoms with Gasteiger partial charge in [0, 0.05) is 17.2 Å². The summed E-state index contributed by atoms with van der Waals surface area (Å²) in [4.78, 5) is 34.8. The molecule has 7 nitrogen and oxygen atoms in total. The van der Waals surface area contributed by atoms with Crippen LogP contribution in [-0.4, -0.2) is 35.3 Å². The molecule has 1 atom stereocenters. The van der Waals surface area contributed by atoms with Crippen LogP contribution in [0.15, 0.2) is 94.8 Å². The molecule has 0 saturated carbocycles. The molecule has 0 bridgehead atoms. The average Bonchev–Trinajstić information content (AvgIpc) is 2.85. The highest BCUT2D eigenvalue weighted by molar-refractivity contribution is 6.13. The summed E-state index contributed by atoms with van der Waals surface area (Å²) < 4.78 is 11.5. The van der Waals surface area contributed by atoms with E-state index in [1.807, 2.05) is 60.7 Å². The Kier molecular flexibility index (Phi) is 6.07. The third kappa shape index (κ3) is 4.27. The molecule has 1 unspecified atom stereocenters. The van der Waals surface area contributed by atoms with Crippen molar-refractivity contribution in [3.63, 3.8) is 0 Å². The molecule has 0 aliphatic heterocycles. The van der Waals surface area contributed by atoms with Crippen LogP contribution in [0, 0.1) is 0 Å². The monoisotopic (exact) mass is 427 g/mol. The van der Waals surface area contributed by atoms with Gasteiger partial charge in [-0.2, -0.15) is 0 Å². The molecule has 7 heteroatoms. The molecule has 0 spiro atoms. The predicted molar refractivity (Wildman–Crippen MR) is 121 cm³/mol. The molecule has 0 aliphatic carbocycles. The van der Waals surface area contributed by atoms with E-state index >= 15 is 0 Å². The predicted octanol–water partition coefficient (Wildman–Crippen LogP) is 3.45. The van der Waals surface area contributed by atoms with Gasteiger partial charge in [0.25, 0.3) is 5.56 Å². The van der Waals surface area contributed by atoms with E-state index in [-0.39, 0.29) is 11.3 Å². The Morgan fingerprint density at radius 3 is 2.12 bits per heavy atom. The molecule has 160 valence electrons. The fourth-order valence-corrected chi connectivity index (χ4v) is 3.35. The van der Waals surface area contributed by atoms with Crippen molar-refractivity contribution in [3.05, 3.63) is 112 Å². The fourth-order valence-electron chi connectivity index (χ4n) is 3.35. The first kappa shape index (κ1) is 21.0. The third-order valence-electron chi connectivity index (χ3n) is 4.95. The number of ether oxygens (including phenoxy) is 2. The maximum atomic E-state index is 12.8. The van der Waals surface area contributed by atoms with Gasteiger partial charge in [-0.05, 0) is 12.1 Å². The van der Waals surface area contributed by atoms with Gasteiger partial charge in [-0.15, -0.1) is 0 Å². The maximum absolute atomic E-state index is 12.8. The molecule has 0 amide bonds. The summed E-state index contributed by atoms with van der Waals surface area (Å²) in [6, 6.07) is 22.6. The van der Waals surface area contributed by atoms with Crippen molar-refractivity contribution in [1.29, 1.82) is 0 Å². The van der Waals surface area contributed by atoms with Crippen LogP contribution in [0.1, 0.15) is 22.9 Å². The second kappa shape index (κ2) is 9.26. The lowest BCUT2D eigenvalue weighted by Gasteiger charge is -2.15. The third-order valence-corrected chi connectivity index (χ3v) is 4.95. The van der Waals surface area contributed by atoms with Crippen LogP contribution >= 0.6 is 0 Å². The molecule has 0 N–H and O–H groups in total. The molecule has 4 rings (SSSR count). The Balaban J connectivity index is 1.91. The summed E-state index contributed by atoms with van der Waals surface area (Å²) in [5.74, 6) is -0.0914. The van der Waals surface area contributed by atoms with Gasteiger partial charge < -0.3 is 9.47 Å². The lowest BCUT2D eigenvalue weighted by atomic mass is 10.0. The van der Waals surface area contributed by atoms with E-state index in [0.717, 1.165) is 11.1 Å². The zero-order valence-electron chi connectivity index (χ0n) is 17.6. The van der Waals surface area contributed by atoms with Crippen LogP contribution in [-0.2, 0) is 9.53 Å². The van der Waals surface area contributed by atoms with Crippen LogP contribution in [0.2, 0.25) is 0 Å². The number of carbonyl (C=O) groups excluding carboxylic acids is 1. The van der Waals surface area contributed by atoms with Gasteiger partial charge in [0.05, 0.1) is 31.8 Å². The molecular weight excluding hydrogens is 406 g/mol. The van der Waals surface area contributed by atoms with Gasteiger partial charge in [0.15, 0.2) is 6.04 Å². The van der Waals surface area contributed by atoms with Crippen molar-refractivity contribution in [2.75, 3.05) is 14.2 Å². The largest absolute Gasteiger partial charge is 0.495 e. The number of fused-ring (bicyclic) bond motifs is 1. The van der Waals surface area contributed by atoms with Crippen LogP contribution in [0.5, 0.6) is 5.75 Å². The minimum Gasteiger partial charge on any atom is -0.495 e. The Labute approximate surface area is 184 Å². The minimum absolute atomic E-state index is 0.205. The van der Waals surface area contributed by atoms with E-state index in [4.69, 9.17) is 14.5 Å². The number of carbonyl (C=O) groups is 1. The van der Waals surface area contributed by atoms with Gasteiger partial charge in [-0.3, -0.25) is 14.2 Å². The molecule has 32 heavy (non-hydrogen) atoms.